The van der Waals surface area contributed by atoms with E-state index in [0.29, 0.717) is 5.02 Å². The fourth-order valence-electron chi connectivity index (χ4n) is 1.87. The number of nitrogens with zero attached hydrogens (tertiary/aromatic N) is 2. The third-order valence-corrected chi connectivity index (χ3v) is 3.21. The van der Waals surface area contributed by atoms with Crippen molar-refractivity contribution in [2.45, 2.75) is 12.1 Å². The normalized spacial score (nSPS) is 11.9. The Balaban J connectivity index is 3.26. The Morgan fingerprint density at radius 1 is 1.28 bits per heavy atom. The van der Waals surface area contributed by atoms with E-state index in [0.717, 1.165) is 7.11 Å². The summed E-state index contributed by atoms with van der Waals surface area (Å²) in [6.07, 6.45) is -4.77. The number of hydrogen-bond acceptors (Lipinski definition) is 4. The molecule has 0 radical (unpaired) electrons. The largest absolute Gasteiger partial charge is 0.466 e. The average Bonchev–Trinajstić information content (AvgIpc) is 2.56. The molecule has 0 spiro atoms. The van der Waals surface area contributed by atoms with E-state index in [4.69, 9.17) is 17.1 Å². The van der Waals surface area contributed by atoms with Gasteiger partial charge in [0.25, 0.3) is 0 Å². The molecule has 0 saturated heterocycles. The lowest BCUT2D eigenvalue weighted by molar-refractivity contribution is -0.183. The van der Waals surface area contributed by atoms with Gasteiger partial charge in [0, 0.05) is 10.6 Å². The van der Waals surface area contributed by atoms with Gasteiger partial charge in [0.2, 0.25) is 0 Å². The second kappa shape index (κ2) is 8.46. The summed E-state index contributed by atoms with van der Waals surface area (Å²) in [5.74, 6) is -3.91. The van der Waals surface area contributed by atoms with Crippen LogP contribution in [-0.2, 0) is 19.1 Å². The third-order valence-electron chi connectivity index (χ3n) is 2.96. The van der Waals surface area contributed by atoms with E-state index in [9.17, 15) is 22.8 Å². The lowest BCUT2D eigenvalue weighted by atomic mass is 9.87. The predicted molar refractivity (Wildman–Crippen MR) is 81.0 cm³/mol. The molecule has 1 rings (SSSR count). The zero-order valence-corrected chi connectivity index (χ0v) is 13.6. The van der Waals surface area contributed by atoms with E-state index in [1.54, 1.807) is 0 Å². The monoisotopic (exact) mass is 376 g/mol. The van der Waals surface area contributed by atoms with Crippen LogP contribution in [0.1, 0.15) is 11.5 Å². The highest BCUT2D eigenvalue weighted by Gasteiger charge is 2.41. The van der Waals surface area contributed by atoms with Crippen molar-refractivity contribution >= 4 is 29.3 Å². The number of hydrogen-bond donors (Lipinski definition) is 0. The third kappa shape index (κ3) is 5.74. The first-order chi connectivity index (χ1) is 11.6. The second-order valence-corrected chi connectivity index (χ2v) is 5.11. The molecule has 0 saturated carbocycles. The smallest absolute Gasteiger partial charge is 0.422 e. The Morgan fingerprint density at radius 2 is 1.84 bits per heavy atom. The highest BCUT2D eigenvalue weighted by molar-refractivity contribution is 6.37. The van der Waals surface area contributed by atoms with Crippen molar-refractivity contribution in [3.05, 3.63) is 52.5 Å². The zero-order chi connectivity index (χ0) is 19.2. The lowest BCUT2D eigenvalue weighted by Crippen LogP contribution is -2.32. The summed E-state index contributed by atoms with van der Waals surface area (Å²) in [7, 11) is 1.05. The van der Waals surface area contributed by atoms with Crippen LogP contribution in [0, 0.1) is 0 Å². The number of alkyl halides is 3. The Hall–Kier alpha value is -2.64. The second-order valence-electron chi connectivity index (χ2n) is 4.68. The van der Waals surface area contributed by atoms with E-state index < -0.39 is 36.4 Å². The Labute approximate surface area is 145 Å². The van der Waals surface area contributed by atoms with Crippen LogP contribution >= 0.6 is 11.6 Å². The first kappa shape index (κ1) is 20.4. The maximum absolute atomic E-state index is 12.2. The Kier molecular flexibility index (Phi) is 6.90. The number of ether oxygens (including phenoxy) is 2. The van der Waals surface area contributed by atoms with Gasteiger partial charge in [-0.2, -0.15) is 18.0 Å². The van der Waals surface area contributed by atoms with Crippen molar-refractivity contribution in [1.82, 2.24) is 0 Å². The average molecular weight is 377 g/mol. The summed E-state index contributed by atoms with van der Waals surface area (Å²) in [5.41, 5.74) is 8.10. The van der Waals surface area contributed by atoms with Crippen molar-refractivity contribution in [3.8, 4) is 0 Å². The van der Waals surface area contributed by atoms with Crippen LogP contribution in [0.25, 0.3) is 5.53 Å². The number of rotatable bonds is 6. The molecule has 1 aromatic rings. The van der Waals surface area contributed by atoms with Crippen LogP contribution in [0.3, 0.4) is 0 Å². The molecule has 10 heteroatoms. The number of carbonyl (C=O) groups is 2. The molecule has 134 valence electrons. The number of benzene rings is 1. The quantitative estimate of drug-likeness (QED) is 0.251. The lowest BCUT2D eigenvalue weighted by Gasteiger charge is -2.15. The van der Waals surface area contributed by atoms with Crippen molar-refractivity contribution in [3.63, 3.8) is 0 Å². The summed E-state index contributed by atoms with van der Waals surface area (Å²) < 4.78 is 45.2. The van der Waals surface area contributed by atoms with E-state index >= 15 is 0 Å². The van der Waals surface area contributed by atoms with Crippen molar-refractivity contribution in [1.29, 1.82) is 0 Å². The molecule has 1 aromatic carbocycles. The van der Waals surface area contributed by atoms with Crippen LogP contribution < -0.4 is 0 Å². The molecule has 0 amide bonds. The molecule has 0 aliphatic heterocycles. The molecule has 0 fully saturated rings. The SMILES string of the molecule is C=C(C(=O)OC)[C@@H](C(=[N+]=[N-])C(=O)OCC(F)(F)F)c1ccc(Cl)cc1. The molecule has 0 bridgehead atoms. The minimum Gasteiger partial charge on any atom is -0.466 e. The Bertz CT molecular complexity index is 725. The standard InChI is InChI=1S/C15H12ClF3N2O4/c1-8(13(22)24-2)11(9-3-5-10(16)6-4-9)12(21-20)14(23)25-7-15(17,18)19/h3-6,11H,1,7H2,2H3/t11-/m1/s1. The molecule has 0 N–H and O–H groups in total. The maximum atomic E-state index is 12.2. The van der Waals surface area contributed by atoms with Gasteiger partial charge in [-0.15, -0.1) is 0 Å². The van der Waals surface area contributed by atoms with Gasteiger partial charge >= 0.3 is 23.8 Å². The molecular formula is C15H12ClF3N2O4. The topological polar surface area (TPSA) is 89.0 Å². The number of halogens is 4. The molecule has 0 aromatic heterocycles. The minimum absolute atomic E-state index is 0.205. The van der Waals surface area contributed by atoms with Crippen LogP contribution in [0.5, 0.6) is 0 Å². The van der Waals surface area contributed by atoms with E-state index in [1.807, 2.05) is 0 Å². The van der Waals surface area contributed by atoms with Gasteiger partial charge in [-0.3, -0.25) is 0 Å². The molecule has 6 nitrogen and oxygen atoms in total. The molecular weight excluding hydrogens is 365 g/mol. The number of esters is 2. The van der Waals surface area contributed by atoms with Gasteiger partial charge in [0.1, 0.15) is 5.92 Å². The first-order valence-corrected chi connectivity index (χ1v) is 6.97. The van der Waals surface area contributed by atoms with Gasteiger partial charge < -0.3 is 15.0 Å². The van der Waals surface area contributed by atoms with Crippen LogP contribution in [-0.4, -0.2) is 42.3 Å². The van der Waals surface area contributed by atoms with E-state index in [-0.39, 0.29) is 11.1 Å². The summed E-state index contributed by atoms with van der Waals surface area (Å²) >= 11 is 5.75. The zero-order valence-electron chi connectivity index (χ0n) is 12.8. The van der Waals surface area contributed by atoms with E-state index in [2.05, 4.69) is 20.8 Å². The maximum Gasteiger partial charge on any atom is 0.422 e. The summed E-state index contributed by atoms with van der Waals surface area (Å²) in [4.78, 5) is 26.3. The van der Waals surface area contributed by atoms with Crippen molar-refractivity contribution in [2.75, 3.05) is 13.7 Å². The fraction of sp³-hybridized carbons (Fsp3) is 0.267. The fourth-order valence-corrected chi connectivity index (χ4v) is 1.99. The molecule has 1 atom stereocenters. The summed E-state index contributed by atoms with van der Waals surface area (Å²) in [6.45, 7) is 1.57. The highest BCUT2D eigenvalue weighted by Crippen LogP contribution is 2.27. The van der Waals surface area contributed by atoms with Crippen molar-refractivity contribution < 1.29 is 37.0 Å². The number of carbonyl (C=O) groups excluding carboxylic acids is 2. The molecule has 0 aliphatic rings. The predicted octanol–water partition coefficient (Wildman–Crippen LogP) is 2.93. The van der Waals surface area contributed by atoms with Gasteiger partial charge in [0.15, 0.2) is 6.61 Å². The van der Waals surface area contributed by atoms with Gasteiger partial charge in [-0.25, -0.2) is 9.59 Å². The van der Waals surface area contributed by atoms with Crippen molar-refractivity contribution in [2.24, 2.45) is 0 Å². The Morgan fingerprint density at radius 3 is 2.28 bits per heavy atom. The molecule has 0 unspecified atom stereocenters. The highest BCUT2D eigenvalue weighted by atomic mass is 35.5. The first-order valence-electron chi connectivity index (χ1n) is 6.59. The molecule has 0 heterocycles. The van der Waals surface area contributed by atoms with Crippen LogP contribution in [0.15, 0.2) is 36.4 Å². The molecule has 0 aliphatic carbocycles. The number of methoxy groups -OCH3 is 1. The summed E-state index contributed by atoms with van der Waals surface area (Å²) in [6, 6.07) is 5.57. The van der Waals surface area contributed by atoms with Gasteiger partial charge in [-0.05, 0) is 17.7 Å². The summed E-state index contributed by atoms with van der Waals surface area (Å²) in [5, 5.41) is 0.327. The minimum atomic E-state index is -4.77. The van der Waals surface area contributed by atoms with Gasteiger partial charge in [-0.1, -0.05) is 30.3 Å². The van der Waals surface area contributed by atoms with Gasteiger partial charge in [0.05, 0.1) is 7.11 Å². The molecule has 25 heavy (non-hydrogen) atoms. The van der Waals surface area contributed by atoms with Crippen LogP contribution in [0.4, 0.5) is 13.2 Å². The van der Waals surface area contributed by atoms with Crippen LogP contribution in [0.2, 0.25) is 5.02 Å². The van der Waals surface area contributed by atoms with E-state index in [1.165, 1.54) is 24.3 Å².